The van der Waals surface area contributed by atoms with Crippen LogP contribution < -0.4 is 0 Å². The van der Waals surface area contributed by atoms with Gasteiger partial charge in [-0.15, -0.1) is 0 Å². The number of rotatable bonds is 0. The molecule has 2 heteroatoms. The molecular formula is C10H13NO. The van der Waals surface area contributed by atoms with Crippen molar-refractivity contribution in [2.75, 3.05) is 6.61 Å². The summed E-state index contributed by atoms with van der Waals surface area (Å²) in [7, 11) is 0. The van der Waals surface area contributed by atoms with Gasteiger partial charge in [-0.25, -0.2) is 0 Å². The van der Waals surface area contributed by atoms with Gasteiger partial charge in [-0.3, -0.25) is 0 Å². The summed E-state index contributed by atoms with van der Waals surface area (Å²) in [6.07, 6.45) is 7.67. The number of allylic oxidation sites excluding steroid dienone is 2. The Labute approximate surface area is 72.3 Å². The molecule has 0 bridgehead atoms. The molecule has 1 fully saturated rings. The zero-order valence-corrected chi connectivity index (χ0v) is 7.12. The number of hydrogen-bond acceptors (Lipinski definition) is 2. The molecule has 0 aromatic rings. The van der Waals surface area contributed by atoms with Gasteiger partial charge < -0.3 is 4.84 Å². The molecule has 0 N–H and O–H groups in total. The highest BCUT2D eigenvalue weighted by Crippen LogP contribution is 2.41. The fraction of sp³-hybridized carbons (Fsp3) is 0.700. The van der Waals surface area contributed by atoms with E-state index in [-0.39, 0.29) is 0 Å². The third-order valence-electron chi connectivity index (χ3n) is 3.25. The maximum absolute atomic E-state index is 5.11. The van der Waals surface area contributed by atoms with Crippen LogP contribution in [0.2, 0.25) is 0 Å². The molecule has 0 aromatic carbocycles. The zero-order chi connectivity index (χ0) is 7.97. The highest BCUT2D eigenvalue weighted by atomic mass is 16.6. The Morgan fingerprint density at radius 1 is 1.42 bits per heavy atom. The summed E-state index contributed by atoms with van der Waals surface area (Å²) in [5.74, 6) is 1.46. The predicted molar refractivity (Wildman–Crippen MR) is 46.9 cm³/mol. The first-order chi connectivity index (χ1) is 5.95. The molecule has 1 saturated carbocycles. The highest BCUT2D eigenvalue weighted by Gasteiger charge is 2.39. The molecule has 2 nitrogen and oxygen atoms in total. The van der Waals surface area contributed by atoms with E-state index in [1.807, 2.05) is 0 Å². The van der Waals surface area contributed by atoms with Gasteiger partial charge in [-0.2, -0.15) is 0 Å². The minimum Gasteiger partial charge on any atom is -0.395 e. The quantitative estimate of drug-likeness (QED) is 0.536. The highest BCUT2D eigenvalue weighted by molar-refractivity contribution is 6.04. The van der Waals surface area contributed by atoms with Crippen LogP contribution in [0.1, 0.15) is 25.7 Å². The van der Waals surface area contributed by atoms with Crippen LogP contribution in [0.25, 0.3) is 0 Å². The summed E-state index contributed by atoms with van der Waals surface area (Å²) in [4.78, 5) is 5.11. The van der Waals surface area contributed by atoms with Gasteiger partial charge in [0, 0.05) is 5.92 Å². The van der Waals surface area contributed by atoms with E-state index in [0.29, 0.717) is 5.92 Å². The second-order valence-corrected chi connectivity index (χ2v) is 3.99. The molecule has 2 unspecified atom stereocenters. The van der Waals surface area contributed by atoms with Crippen LogP contribution >= 0.6 is 0 Å². The fourth-order valence-electron chi connectivity index (χ4n) is 2.66. The summed E-state index contributed by atoms with van der Waals surface area (Å²) in [6.45, 7) is 0.836. The van der Waals surface area contributed by atoms with Crippen molar-refractivity contribution in [2.24, 2.45) is 17.0 Å². The van der Waals surface area contributed by atoms with Crippen LogP contribution in [0.15, 0.2) is 16.8 Å². The molecule has 2 aliphatic carbocycles. The van der Waals surface area contributed by atoms with Crippen molar-refractivity contribution >= 4 is 5.71 Å². The summed E-state index contributed by atoms with van der Waals surface area (Å²) in [5.41, 5.74) is 2.79. The standard InChI is InChI=1S/C10H13NO/c1-2-4-9-7(3-1)5-8-6-12-11-10(8)9/h4,7-8H,1-3,5-6H2. The molecule has 0 spiro atoms. The molecule has 12 heavy (non-hydrogen) atoms. The van der Waals surface area contributed by atoms with Gasteiger partial charge >= 0.3 is 0 Å². The summed E-state index contributed by atoms with van der Waals surface area (Å²) < 4.78 is 0. The summed E-state index contributed by atoms with van der Waals surface area (Å²) in [5, 5.41) is 4.13. The molecule has 1 aliphatic heterocycles. The van der Waals surface area contributed by atoms with E-state index >= 15 is 0 Å². The van der Waals surface area contributed by atoms with E-state index in [4.69, 9.17) is 4.84 Å². The van der Waals surface area contributed by atoms with Gasteiger partial charge in [0.25, 0.3) is 0 Å². The van der Waals surface area contributed by atoms with Crippen molar-refractivity contribution in [1.29, 1.82) is 0 Å². The third-order valence-corrected chi connectivity index (χ3v) is 3.25. The average molecular weight is 163 g/mol. The molecular weight excluding hydrogens is 150 g/mol. The second kappa shape index (κ2) is 2.35. The Bertz CT molecular complexity index is 267. The van der Waals surface area contributed by atoms with E-state index in [1.165, 1.54) is 37.0 Å². The number of hydrogen-bond donors (Lipinski definition) is 0. The molecule has 64 valence electrons. The summed E-state index contributed by atoms with van der Waals surface area (Å²) in [6, 6.07) is 0. The third kappa shape index (κ3) is 0.780. The zero-order valence-electron chi connectivity index (χ0n) is 7.12. The first-order valence-corrected chi connectivity index (χ1v) is 4.85. The molecule has 3 rings (SSSR count). The van der Waals surface area contributed by atoms with E-state index in [9.17, 15) is 0 Å². The van der Waals surface area contributed by atoms with Gasteiger partial charge in [-0.1, -0.05) is 11.2 Å². The first kappa shape index (κ1) is 6.70. The smallest absolute Gasteiger partial charge is 0.125 e. The molecule has 0 aromatic heterocycles. The van der Waals surface area contributed by atoms with Crippen molar-refractivity contribution in [3.05, 3.63) is 11.6 Å². The SMILES string of the molecule is C1=C2C3=NOCC3CC2CCC1. The Morgan fingerprint density at radius 3 is 3.42 bits per heavy atom. The number of fused-ring (bicyclic) bond motifs is 3. The second-order valence-electron chi connectivity index (χ2n) is 3.99. The van der Waals surface area contributed by atoms with Crippen LogP contribution in [0.3, 0.4) is 0 Å². The molecule has 0 amide bonds. The van der Waals surface area contributed by atoms with Crippen molar-refractivity contribution < 1.29 is 4.84 Å². The van der Waals surface area contributed by atoms with Crippen LogP contribution in [0.4, 0.5) is 0 Å². The summed E-state index contributed by atoms with van der Waals surface area (Å²) >= 11 is 0. The normalized spacial score (nSPS) is 38.0. The van der Waals surface area contributed by atoms with Crippen LogP contribution in [-0.4, -0.2) is 12.3 Å². The first-order valence-electron chi connectivity index (χ1n) is 4.85. The maximum Gasteiger partial charge on any atom is 0.125 e. The van der Waals surface area contributed by atoms with Gasteiger partial charge in [0.15, 0.2) is 0 Å². The Kier molecular flexibility index (Phi) is 1.31. The van der Waals surface area contributed by atoms with Crippen LogP contribution in [-0.2, 0) is 4.84 Å². The van der Waals surface area contributed by atoms with Crippen molar-refractivity contribution in [1.82, 2.24) is 0 Å². The van der Waals surface area contributed by atoms with E-state index in [0.717, 1.165) is 12.5 Å². The number of nitrogens with zero attached hydrogens (tertiary/aromatic N) is 1. The minimum atomic E-state index is 0.638. The Morgan fingerprint density at radius 2 is 2.42 bits per heavy atom. The lowest BCUT2D eigenvalue weighted by atomic mass is 9.90. The Hall–Kier alpha value is -0.790. The Balaban J connectivity index is 2.00. The average Bonchev–Trinajstić information content (AvgIpc) is 2.62. The van der Waals surface area contributed by atoms with Gasteiger partial charge in [0.1, 0.15) is 6.61 Å². The predicted octanol–water partition coefficient (Wildman–Crippen LogP) is 2.12. The lowest BCUT2D eigenvalue weighted by Crippen LogP contribution is -2.06. The maximum atomic E-state index is 5.11. The monoisotopic (exact) mass is 163 g/mol. The van der Waals surface area contributed by atoms with E-state index in [1.54, 1.807) is 0 Å². The number of oxime groups is 1. The minimum absolute atomic E-state index is 0.638. The molecule has 3 aliphatic rings. The van der Waals surface area contributed by atoms with Crippen molar-refractivity contribution in [2.45, 2.75) is 25.7 Å². The van der Waals surface area contributed by atoms with E-state index in [2.05, 4.69) is 11.2 Å². The van der Waals surface area contributed by atoms with Gasteiger partial charge in [0.05, 0.1) is 5.71 Å². The van der Waals surface area contributed by atoms with Gasteiger partial charge in [-0.05, 0) is 37.2 Å². The lowest BCUT2D eigenvalue weighted by molar-refractivity contribution is 0.148. The van der Waals surface area contributed by atoms with E-state index < -0.39 is 0 Å². The van der Waals surface area contributed by atoms with Gasteiger partial charge in [0.2, 0.25) is 0 Å². The van der Waals surface area contributed by atoms with Crippen molar-refractivity contribution in [3.63, 3.8) is 0 Å². The fourth-order valence-corrected chi connectivity index (χ4v) is 2.66. The lowest BCUT2D eigenvalue weighted by Gasteiger charge is -2.16. The topological polar surface area (TPSA) is 21.6 Å². The van der Waals surface area contributed by atoms with Crippen LogP contribution in [0, 0.1) is 11.8 Å². The van der Waals surface area contributed by atoms with Crippen LogP contribution in [0.5, 0.6) is 0 Å². The molecule has 1 heterocycles. The molecule has 0 radical (unpaired) electrons. The molecule has 0 saturated heterocycles. The van der Waals surface area contributed by atoms with Crippen molar-refractivity contribution in [3.8, 4) is 0 Å². The molecule has 2 atom stereocenters. The largest absolute Gasteiger partial charge is 0.395 e.